The molecule has 2 rings (SSSR count). The Kier molecular flexibility index (Phi) is 3.00. The van der Waals surface area contributed by atoms with E-state index in [9.17, 15) is 4.79 Å². The van der Waals surface area contributed by atoms with Gasteiger partial charge in [-0.2, -0.15) is 0 Å². The summed E-state index contributed by atoms with van der Waals surface area (Å²) in [4.78, 5) is 11.5. The molecule has 0 amide bonds. The summed E-state index contributed by atoms with van der Waals surface area (Å²) in [6, 6.07) is 0. The van der Waals surface area contributed by atoms with Gasteiger partial charge in [0.1, 0.15) is 12.2 Å². The van der Waals surface area contributed by atoms with E-state index in [-0.39, 0.29) is 27.8 Å². The lowest BCUT2D eigenvalue weighted by Gasteiger charge is -2.17. The molecule has 14 heavy (non-hydrogen) atoms. The van der Waals surface area contributed by atoms with Gasteiger partial charge in [-0.1, -0.05) is 37.9 Å². The first kappa shape index (κ1) is 10.6. The van der Waals surface area contributed by atoms with Crippen LogP contribution in [-0.4, -0.2) is 34.9 Å². The quantitative estimate of drug-likeness (QED) is 0.336. The summed E-state index contributed by atoms with van der Waals surface area (Å²) in [5.41, 5.74) is 1.04. The van der Waals surface area contributed by atoms with E-state index in [0.717, 1.165) is 5.57 Å². The number of rotatable bonds is 2. The molecule has 1 fully saturated rings. The van der Waals surface area contributed by atoms with Crippen molar-refractivity contribution in [2.24, 2.45) is 0 Å². The number of carbonyl (C=O) groups excluding carboxylic acids is 1. The lowest BCUT2D eigenvalue weighted by atomic mass is 9.97. The minimum atomic E-state index is -0.209. The van der Waals surface area contributed by atoms with Crippen LogP contribution in [0.3, 0.4) is 0 Å². The van der Waals surface area contributed by atoms with Crippen molar-refractivity contribution >= 4 is 37.8 Å². The van der Waals surface area contributed by atoms with E-state index in [1.807, 2.05) is 6.08 Å². The van der Waals surface area contributed by atoms with Gasteiger partial charge in [0.2, 0.25) is 0 Å². The Morgan fingerprint density at radius 3 is 2.93 bits per heavy atom. The number of hydrogen-bond donors (Lipinski definition) is 0. The fourth-order valence-electron chi connectivity index (χ4n) is 1.63. The summed E-state index contributed by atoms with van der Waals surface area (Å²) < 4.78 is 10.1. The number of esters is 1. The van der Waals surface area contributed by atoms with Crippen molar-refractivity contribution < 1.29 is 14.3 Å². The number of fused-ring (bicyclic) bond motifs is 1. The van der Waals surface area contributed by atoms with Crippen LogP contribution >= 0.6 is 31.9 Å². The lowest BCUT2D eigenvalue weighted by molar-refractivity contribution is -0.139. The van der Waals surface area contributed by atoms with Crippen molar-refractivity contribution in [1.29, 1.82) is 0 Å². The Morgan fingerprint density at radius 2 is 2.29 bits per heavy atom. The van der Waals surface area contributed by atoms with Crippen LogP contribution in [0.4, 0.5) is 0 Å². The first-order valence-electron chi connectivity index (χ1n) is 4.34. The first-order chi connectivity index (χ1) is 6.63. The zero-order valence-corrected chi connectivity index (χ0v) is 10.7. The molecular weight excluding hydrogens is 316 g/mol. The van der Waals surface area contributed by atoms with Gasteiger partial charge in [-0.15, -0.1) is 0 Å². The van der Waals surface area contributed by atoms with Gasteiger partial charge < -0.3 is 9.47 Å². The van der Waals surface area contributed by atoms with E-state index in [0.29, 0.717) is 6.42 Å². The second kappa shape index (κ2) is 3.94. The van der Waals surface area contributed by atoms with E-state index < -0.39 is 0 Å². The Hall–Kier alpha value is 0.130. The number of halogens is 2. The molecule has 4 atom stereocenters. The predicted molar refractivity (Wildman–Crippen MR) is 58.8 cm³/mol. The second-order valence-electron chi connectivity index (χ2n) is 3.41. The van der Waals surface area contributed by atoms with Crippen LogP contribution in [0.1, 0.15) is 6.42 Å². The predicted octanol–water partition coefficient (Wildman–Crippen LogP) is 1.78. The zero-order valence-electron chi connectivity index (χ0n) is 7.57. The van der Waals surface area contributed by atoms with Crippen molar-refractivity contribution in [3.8, 4) is 0 Å². The van der Waals surface area contributed by atoms with Gasteiger partial charge in [-0.25, -0.2) is 0 Å². The van der Waals surface area contributed by atoms with Crippen LogP contribution in [0.2, 0.25) is 0 Å². The third kappa shape index (κ3) is 1.90. The van der Waals surface area contributed by atoms with Crippen LogP contribution in [0.5, 0.6) is 0 Å². The fourth-order valence-corrected chi connectivity index (χ4v) is 3.13. The van der Waals surface area contributed by atoms with Crippen molar-refractivity contribution in [3.05, 3.63) is 11.6 Å². The van der Waals surface area contributed by atoms with E-state index in [1.165, 1.54) is 7.11 Å². The van der Waals surface area contributed by atoms with Crippen molar-refractivity contribution in [2.75, 3.05) is 7.11 Å². The number of alkyl halides is 2. The monoisotopic (exact) mass is 324 g/mol. The van der Waals surface area contributed by atoms with E-state index in [1.54, 1.807) is 0 Å². The number of hydrogen-bond acceptors (Lipinski definition) is 3. The molecule has 4 unspecified atom stereocenters. The Morgan fingerprint density at radius 1 is 1.57 bits per heavy atom. The van der Waals surface area contributed by atoms with Gasteiger partial charge in [0.15, 0.2) is 0 Å². The minimum Gasteiger partial charge on any atom is -0.469 e. The van der Waals surface area contributed by atoms with Crippen molar-refractivity contribution in [2.45, 2.75) is 28.3 Å². The molecule has 0 spiro atoms. The topological polar surface area (TPSA) is 38.8 Å². The number of ether oxygens (including phenoxy) is 2. The van der Waals surface area contributed by atoms with Gasteiger partial charge in [0.25, 0.3) is 0 Å². The van der Waals surface area contributed by atoms with E-state index in [2.05, 4.69) is 36.6 Å². The van der Waals surface area contributed by atoms with Gasteiger partial charge >= 0.3 is 5.97 Å². The summed E-state index contributed by atoms with van der Waals surface area (Å²) >= 11 is 7.03. The number of epoxide rings is 1. The van der Waals surface area contributed by atoms with Gasteiger partial charge in [-0.3, -0.25) is 4.79 Å². The third-order valence-electron chi connectivity index (χ3n) is 2.47. The molecular formula is C9H10Br2O3. The van der Waals surface area contributed by atoms with E-state index >= 15 is 0 Å². The van der Waals surface area contributed by atoms with Crippen LogP contribution in [-0.2, 0) is 14.3 Å². The second-order valence-corrected chi connectivity index (χ2v) is 5.45. The Bertz CT molecular complexity index is 290. The highest BCUT2D eigenvalue weighted by molar-refractivity contribution is 9.10. The van der Waals surface area contributed by atoms with Gasteiger partial charge in [0, 0.05) is 0 Å². The molecule has 0 N–H and O–H groups in total. The summed E-state index contributed by atoms with van der Waals surface area (Å²) in [6.07, 6.45) is 2.84. The molecule has 1 aliphatic heterocycles. The SMILES string of the molecule is COC(=O)CC1=CC(Br)C2OC2C1Br. The maximum atomic E-state index is 11.1. The largest absolute Gasteiger partial charge is 0.469 e. The normalized spacial score (nSPS) is 39.8. The van der Waals surface area contributed by atoms with Crippen LogP contribution in [0, 0.1) is 0 Å². The molecule has 1 saturated heterocycles. The molecule has 78 valence electrons. The molecule has 0 aromatic carbocycles. The van der Waals surface area contributed by atoms with Gasteiger partial charge in [0.05, 0.1) is 23.2 Å². The summed E-state index contributed by atoms with van der Waals surface area (Å²) in [5.74, 6) is -0.209. The zero-order chi connectivity index (χ0) is 10.3. The molecule has 5 heteroatoms. The van der Waals surface area contributed by atoms with Crippen LogP contribution in [0.15, 0.2) is 11.6 Å². The highest BCUT2D eigenvalue weighted by Crippen LogP contribution is 2.43. The Labute approximate surface area is 99.1 Å². The summed E-state index contributed by atoms with van der Waals surface area (Å²) in [6.45, 7) is 0. The van der Waals surface area contributed by atoms with Gasteiger partial charge in [-0.05, 0) is 5.57 Å². The first-order valence-corrected chi connectivity index (χ1v) is 6.17. The molecule has 0 radical (unpaired) electrons. The molecule has 0 bridgehead atoms. The lowest BCUT2D eigenvalue weighted by Crippen LogP contribution is -2.25. The van der Waals surface area contributed by atoms with Crippen molar-refractivity contribution in [1.82, 2.24) is 0 Å². The average molecular weight is 326 g/mol. The Balaban J connectivity index is 2.06. The molecule has 0 aromatic rings. The third-order valence-corrected chi connectivity index (χ3v) is 4.36. The molecule has 0 aromatic heterocycles. The standard InChI is InChI=1S/C9H10Br2O3/c1-13-6(12)3-4-2-5(10)8-9(14-8)7(4)11/h2,5,7-9H,3H2,1H3. The number of carbonyl (C=O) groups is 1. The molecule has 3 nitrogen and oxygen atoms in total. The van der Waals surface area contributed by atoms with Crippen LogP contribution < -0.4 is 0 Å². The van der Waals surface area contributed by atoms with Crippen molar-refractivity contribution in [3.63, 3.8) is 0 Å². The maximum Gasteiger partial charge on any atom is 0.309 e. The molecule has 1 aliphatic carbocycles. The van der Waals surface area contributed by atoms with Crippen LogP contribution in [0.25, 0.3) is 0 Å². The van der Waals surface area contributed by atoms with E-state index in [4.69, 9.17) is 4.74 Å². The molecule has 2 aliphatic rings. The summed E-state index contributed by atoms with van der Waals surface area (Å²) in [5, 5.41) is 0. The minimum absolute atomic E-state index is 0.153. The summed E-state index contributed by atoms with van der Waals surface area (Å²) in [7, 11) is 1.40. The molecule has 1 heterocycles. The smallest absolute Gasteiger partial charge is 0.309 e. The highest BCUT2D eigenvalue weighted by Gasteiger charge is 2.51. The average Bonchev–Trinajstić information content (AvgIpc) is 2.93. The number of methoxy groups -OCH3 is 1. The fraction of sp³-hybridized carbons (Fsp3) is 0.667. The maximum absolute atomic E-state index is 11.1. The molecule has 0 saturated carbocycles. The highest BCUT2D eigenvalue weighted by atomic mass is 79.9.